The topological polar surface area (TPSA) is 0 Å². The molecule has 0 aromatic rings. The van der Waals surface area contributed by atoms with E-state index in [1.165, 1.54) is 34.6 Å². The summed E-state index contributed by atoms with van der Waals surface area (Å²) < 4.78 is 63.7. The molecule has 0 N–H and O–H groups in total. The molecule has 0 spiro atoms. The molecular formula is C10H23F5S. The molecule has 0 nitrogen and oxygen atoms in total. The Morgan fingerprint density at radius 2 is 1.00 bits per heavy atom. The third-order valence-corrected chi connectivity index (χ3v) is 4.74. The van der Waals surface area contributed by atoms with Gasteiger partial charge in [0.05, 0.1) is 0 Å². The van der Waals surface area contributed by atoms with Crippen LogP contribution in [0.3, 0.4) is 0 Å². The van der Waals surface area contributed by atoms with E-state index < -0.39 is 33.2 Å². The van der Waals surface area contributed by atoms with Crippen LogP contribution in [0, 0.1) is 17.8 Å². The van der Waals surface area contributed by atoms with Gasteiger partial charge < -0.3 is 0 Å². The van der Waals surface area contributed by atoms with Gasteiger partial charge in [0, 0.05) is 0 Å². The zero-order valence-electron chi connectivity index (χ0n) is 9.61. The second kappa shape index (κ2) is 4.03. The SMILES string of the molecule is C.CC(C)C(C)C(C(C)C)S(F)(F)(F)(F)F. The summed E-state index contributed by atoms with van der Waals surface area (Å²) in [6, 6.07) is 0. The second-order valence-electron chi connectivity index (χ2n) is 4.84. The fourth-order valence-electron chi connectivity index (χ4n) is 1.91. The van der Waals surface area contributed by atoms with Crippen molar-refractivity contribution >= 4 is 10.2 Å². The summed E-state index contributed by atoms with van der Waals surface area (Å²) in [7, 11) is -9.38. The molecule has 2 atom stereocenters. The van der Waals surface area contributed by atoms with Gasteiger partial charge in [0.2, 0.25) is 0 Å². The van der Waals surface area contributed by atoms with E-state index in [1.807, 2.05) is 0 Å². The van der Waals surface area contributed by atoms with Crippen molar-refractivity contribution in [3.8, 4) is 0 Å². The van der Waals surface area contributed by atoms with Gasteiger partial charge in [0.1, 0.15) is 5.25 Å². The van der Waals surface area contributed by atoms with E-state index in [1.54, 1.807) is 0 Å². The third kappa shape index (κ3) is 4.89. The Hall–Kier alpha value is -0.0000000000000000555. The van der Waals surface area contributed by atoms with Crippen LogP contribution in [0.1, 0.15) is 42.0 Å². The van der Waals surface area contributed by atoms with Gasteiger partial charge in [-0.25, -0.2) is 0 Å². The summed E-state index contributed by atoms with van der Waals surface area (Å²) in [5.74, 6) is -2.58. The minimum Gasteiger partial charge on any atom is -0.0975 e. The highest BCUT2D eigenvalue weighted by Gasteiger charge is 2.71. The van der Waals surface area contributed by atoms with Gasteiger partial charge in [-0.3, -0.25) is 0 Å². The van der Waals surface area contributed by atoms with E-state index >= 15 is 0 Å². The van der Waals surface area contributed by atoms with Crippen LogP contribution in [0.25, 0.3) is 0 Å². The Kier molecular flexibility index (Phi) is 4.63. The molecule has 0 amide bonds. The van der Waals surface area contributed by atoms with Crippen LogP contribution < -0.4 is 0 Å². The minimum absolute atomic E-state index is 0. The Bertz CT molecular complexity index is 227. The largest absolute Gasteiger partial charge is 0.288 e. The highest BCUT2D eigenvalue weighted by molar-refractivity contribution is 8.46. The zero-order chi connectivity index (χ0) is 12.7. The molecule has 0 aromatic heterocycles. The molecule has 0 aliphatic rings. The Labute approximate surface area is 95.3 Å². The summed E-state index contributed by atoms with van der Waals surface area (Å²) in [6.07, 6.45) is 0. The van der Waals surface area contributed by atoms with Crippen molar-refractivity contribution in [3.05, 3.63) is 0 Å². The molecule has 0 aromatic carbocycles. The van der Waals surface area contributed by atoms with E-state index in [2.05, 4.69) is 0 Å². The second-order valence-corrected chi connectivity index (χ2v) is 7.44. The van der Waals surface area contributed by atoms with Gasteiger partial charge in [-0.05, 0) is 17.8 Å². The quantitative estimate of drug-likeness (QED) is 0.530. The fourth-order valence-corrected chi connectivity index (χ4v) is 4.06. The lowest BCUT2D eigenvalue weighted by molar-refractivity contribution is 0.255. The van der Waals surface area contributed by atoms with Gasteiger partial charge in [0.25, 0.3) is 10.2 Å². The molecule has 0 heterocycles. The van der Waals surface area contributed by atoms with Crippen molar-refractivity contribution < 1.29 is 19.4 Å². The van der Waals surface area contributed by atoms with E-state index in [9.17, 15) is 19.4 Å². The van der Waals surface area contributed by atoms with Crippen LogP contribution in [0.5, 0.6) is 0 Å². The first kappa shape index (κ1) is 18.4. The maximum atomic E-state index is 12.7. The predicted octanol–water partition coefficient (Wildman–Crippen LogP) is 6.24. The maximum absolute atomic E-state index is 12.7. The molecule has 0 radical (unpaired) electrons. The number of rotatable bonds is 4. The van der Waals surface area contributed by atoms with E-state index in [0.29, 0.717) is 0 Å². The molecule has 0 saturated carbocycles. The standard InChI is InChI=1S/C9H19F5S.CH4/c1-6(2)8(5)9(7(3)4)15(10,11,12,13)14;/h6-9H,1-5H3;1H4. The number of hydrogen-bond acceptors (Lipinski definition) is 0. The molecule has 2 unspecified atom stereocenters. The van der Waals surface area contributed by atoms with Crippen LogP contribution in [0.15, 0.2) is 0 Å². The first-order chi connectivity index (χ1) is 6.16. The summed E-state index contributed by atoms with van der Waals surface area (Å²) in [5.41, 5.74) is 0. The highest BCUT2D eigenvalue weighted by Crippen LogP contribution is 3.01. The van der Waals surface area contributed by atoms with Crippen molar-refractivity contribution in [2.45, 2.75) is 47.3 Å². The van der Waals surface area contributed by atoms with Crippen LogP contribution in [0.4, 0.5) is 19.4 Å². The number of hydrogen-bond donors (Lipinski definition) is 0. The van der Waals surface area contributed by atoms with Crippen molar-refractivity contribution in [2.24, 2.45) is 17.8 Å². The molecule has 0 rings (SSSR count). The van der Waals surface area contributed by atoms with Gasteiger partial charge in [0.15, 0.2) is 0 Å². The maximum Gasteiger partial charge on any atom is 0.288 e. The van der Waals surface area contributed by atoms with Crippen LogP contribution in [0.2, 0.25) is 0 Å². The van der Waals surface area contributed by atoms with Gasteiger partial charge in [-0.15, -0.1) is 0 Å². The lowest BCUT2D eigenvalue weighted by atomic mass is 9.89. The van der Waals surface area contributed by atoms with Crippen LogP contribution in [-0.4, -0.2) is 5.25 Å². The molecule has 0 aliphatic carbocycles. The van der Waals surface area contributed by atoms with Crippen molar-refractivity contribution in [3.63, 3.8) is 0 Å². The average Bonchev–Trinajstić information content (AvgIpc) is 1.78. The minimum atomic E-state index is -9.38. The fraction of sp³-hybridized carbons (Fsp3) is 1.00. The van der Waals surface area contributed by atoms with E-state index in [0.717, 1.165) is 0 Å². The Morgan fingerprint density at radius 1 is 0.688 bits per heavy atom. The first-order valence-corrected chi connectivity index (χ1v) is 6.91. The molecule has 0 saturated heterocycles. The first-order valence-electron chi connectivity index (χ1n) is 4.89. The predicted molar refractivity (Wildman–Crippen MR) is 62.5 cm³/mol. The molecule has 6 heteroatoms. The van der Waals surface area contributed by atoms with E-state index in [-0.39, 0.29) is 7.43 Å². The summed E-state index contributed by atoms with van der Waals surface area (Å²) >= 11 is 0. The van der Waals surface area contributed by atoms with E-state index in [4.69, 9.17) is 0 Å². The van der Waals surface area contributed by atoms with Crippen molar-refractivity contribution in [2.75, 3.05) is 0 Å². The lowest BCUT2D eigenvalue weighted by Crippen LogP contribution is -2.38. The van der Waals surface area contributed by atoms with Crippen molar-refractivity contribution in [1.82, 2.24) is 0 Å². The summed E-state index contributed by atoms with van der Waals surface area (Å²) in [4.78, 5) is 0. The molecule has 0 bridgehead atoms. The molecule has 0 fully saturated rings. The molecular weight excluding hydrogens is 247 g/mol. The van der Waals surface area contributed by atoms with Crippen molar-refractivity contribution in [1.29, 1.82) is 0 Å². The molecule has 16 heavy (non-hydrogen) atoms. The Balaban J connectivity index is 0. The van der Waals surface area contributed by atoms with Gasteiger partial charge in [-0.1, -0.05) is 61.5 Å². The van der Waals surface area contributed by atoms with Crippen LogP contribution >= 0.6 is 10.2 Å². The smallest absolute Gasteiger partial charge is 0.0975 e. The number of halogens is 5. The van der Waals surface area contributed by atoms with Gasteiger partial charge >= 0.3 is 0 Å². The molecule has 0 aliphatic heterocycles. The average molecular weight is 270 g/mol. The lowest BCUT2D eigenvalue weighted by Gasteiger charge is -2.52. The Morgan fingerprint density at radius 3 is 1.06 bits per heavy atom. The summed E-state index contributed by atoms with van der Waals surface area (Å²) in [6.45, 7) is 6.70. The van der Waals surface area contributed by atoms with Crippen LogP contribution in [-0.2, 0) is 0 Å². The monoisotopic (exact) mass is 270 g/mol. The third-order valence-electron chi connectivity index (χ3n) is 2.74. The normalized spacial score (nSPS) is 21.0. The highest BCUT2D eigenvalue weighted by atomic mass is 32.5. The van der Waals surface area contributed by atoms with Gasteiger partial charge in [-0.2, -0.15) is 0 Å². The molecule has 104 valence electrons. The zero-order valence-corrected chi connectivity index (χ0v) is 10.4. The summed E-state index contributed by atoms with van der Waals surface area (Å²) in [5, 5.41) is -2.50.